The Kier molecular flexibility index (Phi) is 5.45. The summed E-state index contributed by atoms with van der Waals surface area (Å²) in [5.74, 6) is -0.0596. The predicted molar refractivity (Wildman–Crippen MR) is 77.0 cm³/mol. The normalized spacial score (nSPS) is 16.3. The highest BCUT2D eigenvalue weighted by molar-refractivity contribution is 6.43. The third-order valence-electron chi connectivity index (χ3n) is 2.98. The molecule has 6 heteroatoms. The molecule has 1 aromatic rings. The first kappa shape index (κ1) is 14.6. The van der Waals surface area contributed by atoms with Gasteiger partial charge in [-0.1, -0.05) is 29.3 Å². The fourth-order valence-electron chi connectivity index (χ4n) is 1.90. The number of hydrogen-bond acceptors (Lipinski definition) is 3. The molecule has 104 valence electrons. The van der Waals surface area contributed by atoms with E-state index in [4.69, 9.17) is 27.9 Å². The Morgan fingerprint density at radius 3 is 2.79 bits per heavy atom. The summed E-state index contributed by atoms with van der Waals surface area (Å²) in [6.45, 7) is 3.97. The quantitative estimate of drug-likeness (QED) is 0.930. The van der Waals surface area contributed by atoms with Crippen molar-refractivity contribution in [3.05, 3.63) is 28.2 Å². The van der Waals surface area contributed by atoms with E-state index >= 15 is 0 Å². The molecule has 4 nitrogen and oxygen atoms in total. The third-order valence-corrected chi connectivity index (χ3v) is 3.80. The van der Waals surface area contributed by atoms with Crippen LogP contribution in [0.2, 0.25) is 10.0 Å². The predicted octanol–water partition coefficient (Wildman–Crippen LogP) is 2.65. The summed E-state index contributed by atoms with van der Waals surface area (Å²) in [6.07, 6.45) is 0.433. The molecule has 1 saturated heterocycles. The summed E-state index contributed by atoms with van der Waals surface area (Å²) < 4.78 is 5.26. The SMILES string of the molecule is O=C(CCN1CCOCC1)Nc1cccc(Cl)c1Cl. The number of benzene rings is 1. The molecule has 0 saturated carbocycles. The zero-order valence-electron chi connectivity index (χ0n) is 10.5. The lowest BCUT2D eigenvalue weighted by Gasteiger charge is -2.26. The Hall–Kier alpha value is -0.810. The van der Waals surface area contributed by atoms with Gasteiger partial charge in [0.05, 0.1) is 28.9 Å². The smallest absolute Gasteiger partial charge is 0.225 e. The third kappa shape index (κ3) is 4.35. The number of nitrogens with one attached hydrogen (secondary N) is 1. The van der Waals surface area contributed by atoms with Crippen molar-refractivity contribution in [2.75, 3.05) is 38.2 Å². The van der Waals surface area contributed by atoms with Gasteiger partial charge in [-0.05, 0) is 12.1 Å². The van der Waals surface area contributed by atoms with Gasteiger partial charge in [-0.2, -0.15) is 0 Å². The zero-order valence-corrected chi connectivity index (χ0v) is 12.0. The van der Waals surface area contributed by atoms with Crippen LogP contribution >= 0.6 is 23.2 Å². The van der Waals surface area contributed by atoms with Gasteiger partial charge in [0, 0.05) is 26.1 Å². The van der Waals surface area contributed by atoms with Crippen LogP contribution in [0.4, 0.5) is 5.69 Å². The largest absolute Gasteiger partial charge is 0.379 e. The molecule has 0 aliphatic carbocycles. The van der Waals surface area contributed by atoms with Crippen LogP contribution in [0.1, 0.15) is 6.42 Å². The highest BCUT2D eigenvalue weighted by atomic mass is 35.5. The lowest BCUT2D eigenvalue weighted by atomic mass is 10.3. The molecule has 2 rings (SSSR count). The summed E-state index contributed by atoms with van der Waals surface area (Å²) in [6, 6.07) is 5.18. The maximum Gasteiger partial charge on any atom is 0.225 e. The molecular weight excluding hydrogens is 287 g/mol. The monoisotopic (exact) mass is 302 g/mol. The van der Waals surface area contributed by atoms with E-state index in [1.54, 1.807) is 18.2 Å². The second-order valence-corrected chi connectivity index (χ2v) is 5.14. The van der Waals surface area contributed by atoms with E-state index in [1.807, 2.05) is 0 Å². The number of hydrogen-bond donors (Lipinski definition) is 1. The number of carbonyl (C=O) groups is 1. The fourth-order valence-corrected chi connectivity index (χ4v) is 2.25. The first-order valence-electron chi connectivity index (χ1n) is 6.21. The first-order chi connectivity index (χ1) is 9.16. The summed E-state index contributed by atoms with van der Waals surface area (Å²) in [7, 11) is 0. The molecule has 1 aromatic carbocycles. The van der Waals surface area contributed by atoms with Crippen LogP contribution in [-0.4, -0.2) is 43.7 Å². The zero-order chi connectivity index (χ0) is 13.7. The van der Waals surface area contributed by atoms with Crippen molar-refractivity contribution >= 4 is 34.8 Å². The molecule has 0 aromatic heterocycles. The second-order valence-electron chi connectivity index (χ2n) is 4.35. The topological polar surface area (TPSA) is 41.6 Å². The lowest BCUT2D eigenvalue weighted by molar-refractivity contribution is -0.116. The van der Waals surface area contributed by atoms with E-state index in [1.165, 1.54) is 0 Å². The minimum Gasteiger partial charge on any atom is -0.379 e. The summed E-state index contributed by atoms with van der Waals surface area (Å²) in [5, 5.41) is 3.59. The first-order valence-corrected chi connectivity index (χ1v) is 6.96. The minimum absolute atomic E-state index is 0.0596. The van der Waals surface area contributed by atoms with Crippen LogP contribution in [0.25, 0.3) is 0 Å². The molecule has 1 N–H and O–H groups in total. The summed E-state index contributed by atoms with van der Waals surface area (Å²) in [4.78, 5) is 14.1. The maximum atomic E-state index is 11.8. The molecule has 1 heterocycles. The fraction of sp³-hybridized carbons (Fsp3) is 0.462. The summed E-state index contributed by atoms with van der Waals surface area (Å²) >= 11 is 11.9. The Balaban J connectivity index is 1.82. The van der Waals surface area contributed by atoms with E-state index in [0.29, 0.717) is 22.2 Å². The standard InChI is InChI=1S/C13H16Cl2N2O2/c14-10-2-1-3-11(13(10)15)16-12(18)4-5-17-6-8-19-9-7-17/h1-3H,4-9H2,(H,16,18). The average Bonchev–Trinajstić information content (AvgIpc) is 2.43. The molecule has 1 amide bonds. The lowest BCUT2D eigenvalue weighted by Crippen LogP contribution is -2.38. The van der Waals surface area contributed by atoms with Crippen molar-refractivity contribution < 1.29 is 9.53 Å². The number of anilines is 1. The molecule has 0 bridgehead atoms. The maximum absolute atomic E-state index is 11.8. The Morgan fingerprint density at radius 2 is 2.05 bits per heavy atom. The van der Waals surface area contributed by atoms with Crippen LogP contribution in [0.3, 0.4) is 0 Å². The molecule has 0 radical (unpaired) electrons. The van der Waals surface area contributed by atoms with Crippen molar-refractivity contribution in [2.45, 2.75) is 6.42 Å². The number of amides is 1. The number of halogens is 2. The van der Waals surface area contributed by atoms with Gasteiger partial charge < -0.3 is 10.1 Å². The van der Waals surface area contributed by atoms with Gasteiger partial charge in [-0.25, -0.2) is 0 Å². The summed E-state index contributed by atoms with van der Waals surface area (Å²) in [5.41, 5.74) is 0.557. The van der Waals surface area contributed by atoms with E-state index in [0.717, 1.165) is 32.8 Å². The van der Waals surface area contributed by atoms with Gasteiger partial charge in [0.25, 0.3) is 0 Å². The molecule has 0 spiro atoms. The van der Waals surface area contributed by atoms with E-state index in [-0.39, 0.29) is 5.91 Å². The van der Waals surface area contributed by atoms with Crippen molar-refractivity contribution in [1.29, 1.82) is 0 Å². The van der Waals surface area contributed by atoms with Crippen molar-refractivity contribution in [3.63, 3.8) is 0 Å². The van der Waals surface area contributed by atoms with E-state index in [2.05, 4.69) is 10.2 Å². The van der Waals surface area contributed by atoms with E-state index < -0.39 is 0 Å². The highest BCUT2D eigenvalue weighted by Gasteiger charge is 2.13. The average molecular weight is 303 g/mol. The Bertz CT molecular complexity index is 448. The molecule has 1 fully saturated rings. The van der Waals surface area contributed by atoms with Crippen LogP contribution in [0, 0.1) is 0 Å². The molecule has 0 atom stereocenters. The number of ether oxygens (including phenoxy) is 1. The van der Waals surface area contributed by atoms with E-state index in [9.17, 15) is 4.79 Å². The van der Waals surface area contributed by atoms with Gasteiger partial charge in [0.2, 0.25) is 5.91 Å². The van der Waals surface area contributed by atoms with Crippen LogP contribution in [-0.2, 0) is 9.53 Å². The molecule has 19 heavy (non-hydrogen) atoms. The van der Waals surface area contributed by atoms with Crippen molar-refractivity contribution in [3.8, 4) is 0 Å². The van der Waals surface area contributed by atoms with Crippen LogP contribution in [0.15, 0.2) is 18.2 Å². The Labute approximate surface area is 122 Å². The number of morpholine rings is 1. The van der Waals surface area contributed by atoms with Crippen molar-refractivity contribution in [2.24, 2.45) is 0 Å². The van der Waals surface area contributed by atoms with Gasteiger partial charge in [0.15, 0.2) is 0 Å². The van der Waals surface area contributed by atoms with Crippen LogP contribution in [0.5, 0.6) is 0 Å². The number of rotatable bonds is 4. The van der Waals surface area contributed by atoms with Crippen LogP contribution < -0.4 is 5.32 Å². The molecular formula is C13H16Cl2N2O2. The van der Waals surface area contributed by atoms with Gasteiger partial charge in [-0.15, -0.1) is 0 Å². The van der Waals surface area contributed by atoms with Gasteiger partial charge >= 0.3 is 0 Å². The van der Waals surface area contributed by atoms with Gasteiger partial charge in [-0.3, -0.25) is 9.69 Å². The second kappa shape index (κ2) is 7.10. The minimum atomic E-state index is -0.0596. The highest BCUT2D eigenvalue weighted by Crippen LogP contribution is 2.29. The molecule has 0 unspecified atom stereocenters. The number of nitrogens with zero attached hydrogens (tertiary/aromatic N) is 1. The molecule has 1 aliphatic heterocycles. The van der Waals surface area contributed by atoms with Crippen molar-refractivity contribution in [1.82, 2.24) is 4.90 Å². The molecule has 1 aliphatic rings. The van der Waals surface area contributed by atoms with Gasteiger partial charge in [0.1, 0.15) is 0 Å². The Morgan fingerprint density at radius 1 is 1.32 bits per heavy atom. The number of carbonyl (C=O) groups excluding carboxylic acids is 1.